The summed E-state index contributed by atoms with van der Waals surface area (Å²) >= 11 is 0. The monoisotopic (exact) mass is 637 g/mol. The van der Waals surface area contributed by atoms with Gasteiger partial charge in [0.05, 0.1) is 12.1 Å². The maximum absolute atomic E-state index is 13.4. The van der Waals surface area contributed by atoms with Crippen LogP contribution in [0.1, 0.15) is 51.2 Å². The van der Waals surface area contributed by atoms with E-state index in [4.69, 9.17) is 16.2 Å². The number of nitrogens with two attached hydrogens (primary N) is 2. The van der Waals surface area contributed by atoms with Crippen LogP contribution in [-0.2, 0) is 25.7 Å². The third-order valence-electron chi connectivity index (χ3n) is 6.74. The lowest BCUT2D eigenvalue weighted by Crippen LogP contribution is -2.58. The van der Waals surface area contributed by atoms with E-state index >= 15 is 0 Å². The lowest BCUT2D eigenvalue weighted by atomic mass is 10.0. The third kappa shape index (κ3) is 15.2. The first-order valence-electron chi connectivity index (χ1n) is 15.3. The molecular weight excluding hydrogens is 590 g/mol. The van der Waals surface area contributed by atoms with Crippen LogP contribution < -0.4 is 32.7 Å². The second kappa shape index (κ2) is 20.2. The Hall–Kier alpha value is -4.91. The molecule has 0 heterocycles. The van der Waals surface area contributed by atoms with Crippen molar-refractivity contribution in [2.24, 2.45) is 22.4 Å². The molecule has 250 valence electrons. The molecule has 0 aliphatic carbocycles. The molecule has 2 aromatic carbocycles. The number of nitrogens with zero attached hydrogens (tertiary/aromatic N) is 1. The fourth-order valence-corrected chi connectivity index (χ4v) is 4.29. The molecule has 13 heteroatoms. The maximum Gasteiger partial charge on any atom is 0.408 e. The predicted octanol–water partition coefficient (Wildman–Crippen LogP) is 1.56. The van der Waals surface area contributed by atoms with Crippen LogP contribution in [-0.4, -0.2) is 72.2 Å². The van der Waals surface area contributed by atoms with E-state index in [-0.39, 0.29) is 44.4 Å². The van der Waals surface area contributed by atoms with Crippen molar-refractivity contribution in [2.75, 3.05) is 13.1 Å². The normalized spacial score (nSPS) is 13.6. The van der Waals surface area contributed by atoms with Gasteiger partial charge in [-0.15, -0.1) is 0 Å². The van der Waals surface area contributed by atoms with Crippen molar-refractivity contribution in [1.29, 1.82) is 0 Å². The number of carbonyl (C=O) groups is 4. The highest BCUT2D eigenvalue weighted by Crippen LogP contribution is 2.09. The number of carbonyl (C=O) groups excluding carboxylic acids is 4. The fraction of sp³-hybridized carbons (Fsp3) is 0.424. The highest BCUT2D eigenvalue weighted by Gasteiger charge is 2.29. The van der Waals surface area contributed by atoms with Gasteiger partial charge in [0, 0.05) is 19.2 Å². The summed E-state index contributed by atoms with van der Waals surface area (Å²) in [4.78, 5) is 55.8. The molecule has 0 spiro atoms. The molecule has 13 nitrogen and oxygen atoms in total. The van der Waals surface area contributed by atoms with E-state index in [9.17, 15) is 24.3 Å². The molecule has 0 aromatic heterocycles. The molecule has 1 unspecified atom stereocenters. The van der Waals surface area contributed by atoms with Crippen LogP contribution in [0.15, 0.2) is 71.7 Å². The van der Waals surface area contributed by atoms with Crippen LogP contribution >= 0.6 is 0 Å². The number of aliphatic hydroxyl groups is 1. The number of aliphatic hydroxyl groups excluding tert-OH is 1. The number of ether oxygens (including phenoxy) is 1. The Kier molecular flexibility index (Phi) is 16.4. The molecule has 4 atom stereocenters. The van der Waals surface area contributed by atoms with Gasteiger partial charge in [0.25, 0.3) is 0 Å². The highest BCUT2D eigenvalue weighted by atomic mass is 16.5. The molecule has 0 saturated heterocycles. The Bertz CT molecular complexity index is 1300. The number of nitrogens with one attached hydrogen (secondary N) is 4. The number of benzene rings is 2. The number of aliphatic imine (C=N–C) groups is 1. The molecule has 0 saturated carbocycles. The van der Waals surface area contributed by atoms with E-state index in [2.05, 4.69) is 26.3 Å². The van der Waals surface area contributed by atoms with Gasteiger partial charge in [0.2, 0.25) is 17.7 Å². The minimum atomic E-state index is -1.05. The zero-order chi connectivity index (χ0) is 33.9. The van der Waals surface area contributed by atoms with Gasteiger partial charge in [-0.2, -0.15) is 0 Å². The third-order valence-corrected chi connectivity index (χ3v) is 6.74. The second-order valence-corrected chi connectivity index (χ2v) is 11.2. The number of hydrogen-bond acceptors (Lipinski definition) is 7. The predicted molar refractivity (Wildman–Crippen MR) is 177 cm³/mol. The quantitative estimate of drug-likeness (QED) is 0.0551. The van der Waals surface area contributed by atoms with Gasteiger partial charge in [-0.05, 0) is 49.3 Å². The van der Waals surface area contributed by atoms with Gasteiger partial charge in [0.15, 0.2) is 5.96 Å². The molecule has 0 aliphatic heterocycles. The molecule has 0 fully saturated rings. The van der Waals surface area contributed by atoms with Crippen LogP contribution in [0.2, 0.25) is 0 Å². The Morgan fingerprint density at radius 2 is 1.52 bits per heavy atom. The molecule has 0 bridgehead atoms. The lowest BCUT2D eigenvalue weighted by Gasteiger charge is -2.27. The fourth-order valence-electron chi connectivity index (χ4n) is 4.29. The second-order valence-electron chi connectivity index (χ2n) is 11.2. The number of guanidine groups is 1. The Morgan fingerprint density at radius 1 is 0.891 bits per heavy atom. The summed E-state index contributed by atoms with van der Waals surface area (Å²) < 4.78 is 5.29. The molecule has 0 radical (unpaired) electrons. The van der Waals surface area contributed by atoms with E-state index in [0.717, 1.165) is 11.1 Å². The van der Waals surface area contributed by atoms with Crippen LogP contribution in [0.25, 0.3) is 6.08 Å². The lowest BCUT2D eigenvalue weighted by molar-refractivity contribution is -0.131. The summed E-state index contributed by atoms with van der Waals surface area (Å²) in [5.41, 5.74) is 12.4. The number of rotatable bonds is 18. The van der Waals surface area contributed by atoms with Crippen molar-refractivity contribution in [3.05, 3.63) is 77.9 Å². The van der Waals surface area contributed by atoms with Crippen LogP contribution in [0.5, 0.6) is 0 Å². The van der Waals surface area contributed by atoms with E-state index in [1.165, 1.54) is 13.0 Å². The minimum Gasteiger partial charge on any atom is -0.445 e. The van der Waals surface area contributed by atoms with Gasteiger partial charge < -0.3 is 42.6 Å². The molecule has 2 aromatic rings. The van der Waals surface area contributed by atoms with Gasteiger partial charge in [0.1, 0.15) is 18.7 Å². The summed E-state index contributed by atoms with van der Waals surface area (Å²) in [5.74, 6) is -1.64. The molecular formula is C33H47N7O6. The standard InChI is InChI=1S/C33H47N7O6/c1-22(2)19-27(31(44)39-28(23(3)41)20-37-29(42)17-16-24-11-6-4-7-12-24)38-30(43)26(15-10-18-36-32(34)35)40-33(45)46-21-25-13-8-5-9-14-25/h4-9,11-14,16-17,22-23,26-28,41H,10,15,18-21H2,1-3H3,(H,37,42)(H,38,43)(H,39,44)(H,40,45)(H4,34,35,36)/t23?,26-,27-,28+/m0/s1. The van der Waals surface area contributed by atoms with Crippen molar-refractivity contribution < 1.29 is 29.0 Å². The highest BCUT2D eigenvalue weighted by molar-refractivity contribution is 5.92. The molecule has 46 heavy (non-hydrogen) atoms. The average Bonchev–Trinajstić information content (AvgIpc) is 3.02. The first-order valence-corrected chi connectivity index (χ1v) is 15.3. The summed E-state index contributed by atoms with van der Waals surface area (Å²) in [5, 5.41) is 21.1. The smallest absolute Gasteiger partial charge is 0.408 e. The van der Waals surface area contributed by atoms with E-state index in [1.807, 2.05) is 62.4 Å². The largest absolute Gasteiger partial charge is 0.445 e. The van der Waals surface area contributed by atoms with Crippen LogP contribution in [0, 0.1) is 5.92 Å². The molecule has 0 aliphatic rings. The SMILES string of the molecule is CC(C)C[C@H](NC(=O)[C@H](CCCN=C(N)N)NC(=O)OCc1ccccc1)C(=O)N[C@H](CNC(=O)C=Cc1ccccc1)C(C)O. The first kappa shape index (κ1) is 37.3. The molecule has 2 rings (SSSR count). The van der Waals surface area contributed by atoms with Crippen molar-refractivity contribution in [1.82, 2.24) is 21.3 Å². The summed E-state index contributed by atoms with van der Waals surface area (Å²) in [6, 6.07) is 15.5. The van der Waals surface area contributed by atoms with Crippen LogP contribution in [0.3, 0.4) is 0 Å². The summed E-state index contributed by atoms with van der Waals surface area (Å²) in [7, 11) is 0. The van der Waals surface area contributed by atoms with Gasteiger partial charge in [-0.3, -0.25) is 19.4 Å². The van der Waals surface area contributed by atoms with Crippen molar-refractivity contribution in [3.63, 3.8) is 0 Å². The van der Waals surface area contributed by atoms with Gasteiger partial charge >= 0.3 is 6.09 Å². The first-order chi connectivity index (χ1) is 21.9. The van der Waals surface area contributed by atoms with Crippen molar-refractivity contribution in [3.8, 4) is 0 Å². The zero-order valence-corrected chi connectivity index (χ0v) is 26.6. The molecule has 4 amide bonds. The minimum absolute atomic E-state index is 0.00666. The Morgan fingerprint density at radius 3 is 2.13 bits per heavy atom. The average molecular weight is 638 g/mol. The van der Waals surface area contributed by atoms with E-state index < -0.39 is 48.0 Å². The number of alkyl carbamates (subject to hydrolysis) is 1. The van der Waals surface area contributed by atoms with E-state index in [0.29, 0.717) is 6.42 Å². The topological polar surface area (TPSA) is 210 Å². The number of hydrogen-bond donors (Lipinski definition) is 7. The zero-order valence-electron chi connectivity index (χ0n) is 26.6. The summed E-state index contributed by atoms with van der Waals surface area (Å²) in [6.45, 7) is 5.46. The number of amides is 4. The maximum atomic E-state index is 13.4. The van der Waals surface area contributed by atoms with E-state index in [1.54, 1.807) is 18.2 Å². The van der Waals surface area contributed by atoms with Crippen molar-refractivity contribution in [2.45, 2.75) is 70.9 Å². The van der Waals surface area contributed by atoms with Gasteiger partial charge in [-0.25, -0.2) is 4.79 Å². The van der Waals surface area contributed by atoms with Crippen molar-refractivity contribution >= 4 is 35.9 Å². The van der Waals surface area contributed by atoms with Crippen LogP contribution in [0.4, 0.5) is 4.79 Å². The summed E-state index contributed by atoms with van der Waals surface area (Å²) in [6.07, 6.45) is 2.00. The Balaban J connectivity index is 2.06. The Labute approximate surface area is 270 Å². The molecule has 9 N–H and O–H groups in total. The van der Waals surface area contributed by atoms with Gasteiger partial charge in [-0.1, -0.05) is 74.5 Å².